The van der Waals surface area contributed by atoms with Gasteiger partial charge in [-0.3, -0.25) is 0 Å². The van der Waals surface area contributed by atoms with E-state index in [1.54, 1.807) is 0 Å². The molecular weight excluding hydrogens is 181 g/mol. The molecule has 0 atom stereocenters. The Morgan fingerprint density at radius 3 is 2.38 bits per heavy atom. The first-order valence-electron chi connectivity index (χ1n) is 3.67. The minimum absolute atomic E-state index is 0.229. The second kappa shape index (κ2) is 3.24. The Labute approximate surface area is 73.8 Å². The lowest BCUT2D eigenvalue weighted by Gasteiger charge is -2.09. The Balaban J connectivity index is 3.16. The van der Waals surface area contributed by atoms with E-state index in [1.807, 2.05) is 0 Å². The molecule has 0 bridgehead atoms. The molecule has 0 fully saturated rings. The summed E-state index contributed by atoms with van der Waals surface area (Å²) in [5, 5.41) is 2.57. The molecule has 1 rings (SSSR count). The minimum atomic E-state index is -4.31. The lowest BCUT2D eigenvalue weighted by molar-refractivity contribution is -0.137. The number of hydrogen-bond donors (Lipinski definition) is 1. The van der Waals surface area contributed by atoms with Crippen LogP contribution in [-0.4, -0.2) is 12.0 Å². The van der Waals surface area contributed by atoms with Crippen LogP contribution in [0.15, 0.2) is 12.1 Å². The van der Waals surface area contributed by atoms with Gasteiger partial charge in [-0.2, -0.15) is 13.2 Å². The van der Waals surface area contributed by atoms with Crippen molar-refractivity contribution in [3.8, 4) is 0 Å². The van der Waals surface area contributed by atoms with Gasteiger partial charge in [-0.15, -0.1) is 0 Å². The summed E-state index contributed by atoms with van der Waals surface area (Å²) >= 11 is 0. The third-order valence-electron chi connectivity index (χ3n) is 1.54. The number of nitrogens with one attached hydrogen (secondary N) is 1. The summed E-state index contributed by atoms with van der Waals surface area (Å²) in [5.41, 5.74) is -0.330. The molecule has 0 unspecified atom stereocenters. The maximum absolute atomic E-state index is 12.2. The van der Waals surface area contributed by atoms with Crippen LogP contribution in [0.4, 0.5) is 19.0 Å². The summed E-state index contributed by atoms with van der Waals surface area (Å²) in [7, 11) is 1.53. The summed E-state index contributed by atoms with van der Waals surface area (Å²) in [6.45, 7) is 1.52. The lowest BCUT2D eigenvalue weighted by atomic mass is 10.2. The molecule has 0 amide bonds. The smallest absolute Gasteiger partial charge is 0.373 e. The summed E-state index contributed by atoms with van der Waals surface area (Å²) in [6, 6.07) is 1.99. The largest absolute Gasteiger partial charge is 0.416 e. The normalized spacial score (nSPS) is 11.5. The SMILES string of the molecule is CNc1cc(C(F)(F)F)cc(C)n1. The van der Waals surface area contributed by atoms with Gasteiger partial charge in [0.05, 0.1) is 5.56 Å². The van der Waals surface area contributed by atoms with Gasteiger partial charge in [-0.1, -0.05) is 0 Å². The van der Waals surface area contributed by atoms with E-state index in [-0.39, 0.29) is 5.82 Å². The van der Waals surface area contributed by atoms with Gasteiger partial charge in [0, 0.05) is 12.7 Å². The Bertz CT molecular complexity index is 307. The second-order valence-corrected chi connectivity index (χ2v) is 2.63. The molecule has 0 saturated heterocycles. The zero-order valence-corrected chi connectivity index (χ0v) is 7.24. The van der Waals surface area contributed by atoms with Crippen LogP contribution in [0.25, 0.3) is 0 Å². The molecule has 0 radical (unpaired) electrons. The van der Waals surface area contributed by atoms with Crippen LogP contribution in [-0.2, 0) is 6.18 Å². The molecule has 72 valence electrons. The molecule has 1 aromatic heterocycles. The predicted molar refractivity (Wildman–Crippen MR) is 43.5 cm³/mol. The van der Waals surface area contributed by atoms with Gasteiger partial charge in [0.1, 0.15) is 5.82 Å². The van der Waals surface area contributed by atoms with Gasteiger partial charge in [-0.05, 0) is 19.1 Å². The Morgan fingerprint density at radius 2 is 1.92 bits per heavy atom. The molecule has 13 heavy (non-hydrogen) atoms. The van der Waals surface area contributed by atoms with Crippen LogP contribution in [0.2, 0.25) is 0 Å². The summed E-state index contributed by atoms with van der Waals surface area (Å²) < 4.78 is 36.7. The van der Waals surface area contributed by atoms with Crippen molar-refractivity contribution in [1.29, 1.82) is 0 Å². The zero-order chi connectivity index (χ0) is 10.1. The zero-order valence-electron chi connectivity index (χ0n) is 7.24. The van der Waals surface area contributed by atoms with E-state index >= 15 is 0 Å². The number of anilines is 1. The van der Waals surface area contributed by atoms with Crippen LogP contribution in [0.1, 0.15) is 11.3 Å². The van der Waals surface area contributed by atoms with E-state index in [0.717, 1.165) is 12.1 Å². The van der Waals surface area contributed by atoms with Gasteiger partial charge in [-0.25, -0.2) is 4.98 Å². The summed E-state index contributed by atoms with van der Waals surface area (Å²) in [5.74, 6) is 0.229. The first kappa shape index (κ1) is 9.83. The molecule has 0 aliphatic heterocycles. The summed E-state index contributed by atoms with van der Waals surface area (Å²) in [6.07, 6.45) is -4.31. The molecule has 1 N–H and O–H groups in total. The number of aryl methyl sites for hydroxylation is 1. The molecule has 5 heteroatoms. The van der Waals surface area contributed by atoms with Crippen LogP contribution in [0.5, 0.6) is 0 Å². The number of pyridine rings is 1. The Morgan fingerprint density at radius 1 is 1.31 bits per heavy atom. The molecule has 2 nitrogen and oxygen atoms in total. The number of halogens is 3. The van der Waals surface area contributed by atoms with Crippen molar-refractivity contribution >= 4 is 5.82 Å². The van der Waals surface area contributed by atoms with Crippen LogP contribution in [0.3, 0.4) is 0 Å². The molecule has 1 aromatic rings. The van der Waals surface area contributed by atoms with Crippen molar-refractivity contribution in [2.75, 3.05) is 12.4 Å². The fourth-order valence-corrected chi connectivity index (χ4v) is 0.960. The van der Waals surface area contributed by atoms with E-state index in [4.69, 9.17) is 0 Å². The van der Waals surface area contributed by atoms with E-state index in [2.05, 4.69) is 10.3 Å². The van der Waals surface area contributed by atoms with E-state index in [1.165, 1.54) is 14.0 Å². The minimum Gasteiger partial charge on any atom is -0.373 e. The van der Waals surface area contributed by atoms with Crippen LogP contribution in [0, 0.1) is 6.92 Å². The maximum Gasteiger partial charge on any atom is 0.416 e. The highest BCUT2D eigenvalue weighted by Crippen LogP contribution is 2.30. The van der Waals surface area contributed by atoms with Gasteiger partial charge in [0.25, 0.3) is 0 Å². The molecule has 1 heterocycles. The highest BCUT2D eigenvalue weighted by molar-refractivity contribution is 5.39. The topological polar surface area (TPSA) is 24.9 Å². The quantitative estimate of drug-likeness (QED) is 0.735. The van der Waals surface area contributed by atoms with Gasteiger partial charge < -0.3 is 5.32 Å². The van der Waals surface area contributed by atoms with E-state index in [0.29, 0.717) is 5.69 Å². The average molecular weight is 190 g/mol. The maximum atomic E-state index is 12.2. The number of rotatable bonds is 1. The fourth-order valence-electron chi connectivity index (χ4n) is 0.960. The standard InChI is InChI=1S/C8H9F3N2/c1-5-3-6(8(9,10)11)4-7(12-2)13-5/h3-4H,1-2H3,(H,12,13). The van der Waals surface area contributed by atoms with Crippen molar-refractivity contribution in [3.05, 3.63) is 23.4 Å². The molecular formula is C8H9F3N2. The highest BCUT2D eigenvalue weighted by Gasteiger charge is 2.31. The number of alkyl halides is 3. The Kier molecular flexibility index (Phi) is 2.45. The monoisotopic (exact) mass is 190 g/mol. The fraction of sp³-hybridized carbons (Fsp3) is 0.375. The molecule has 0 aliphatic carbocycles. The summed E-state index contributed by atoms with van der Waals surface area (Å²) in [4.78, 5) is 3.85. The third-order valence-corrected chi connectivity index (χ3v) is 1.54. The van der Waals surface area contributed by atoms with Crippen molar-refractivity contribution in [2.24, 2.45) is 0 Å². The van der Waals surface area contributed by atoms with Crippen molar-refractivity contribution in [3.63, 3.8) is 0 Å². The van der Waals surface area contributed by atoms with Gasteiger partial charge in [0.15, 0.2) is 0 Å². The predicted octanol–water partition coefficient (Wildman–Crippen LogP) is 2.45. The first-order valence-corrected chi connectivity index (χ1v) is 3.67. The molecule has 0 aliphatic rings. The van der Waals surface area contributed by atoms with Crippen molar-refractivity contribution in [1.82, 2.24) is 4.98 Å². The highest BCUT2D eigenvalue weighted by atomic mass is 19.4. The van der Waals surface area contributed by atoms with E-state index < -0.39 is 11.7 Å². The molecule has 0 saturated carbocycles. The Hall–Kier alpha value is -1.26. The second-order valence-electron chi connectivity index (χ2n) is 2.63. The number of nitrogens with zero attached hydrogens (tertiary/aromatic N) is 1. The van der Waals surface area contributed by atoms with Crippen molar-refractivity contribution < 1.29 is 13.2 Å². The van der Waals surface area contributed by atoms with Gasteiger partial charge in [0.2, 0.25) is 0 Å². The number of aromatic nitrogens is 1. The molecule has 0 aromatic carbocycles. The van der Waals surface area contributed by atoms with Crippen LogP contribution < -0.4 is 5.32 Å². The first-order chi connectivity index (χ1) is 5.93. The van der Waals surface area contributed by atoms with Crippen LogP contribution >= 0.6 is 0 Å². The van der Waals surface area contributed by atoms with Crippen molar-refractivity contribution in [2.45, 2.75) is 13.1 Å². The van der Waals surface area contributed by atoms with Gasteiger partial charge >= 0.3 is 6.18 Å². The van der Waals surface area contributed by atoms with E-state index in [9.17, 15) is 13.2 Å². The third kappa shape index (κ3) is 2.34. The lowest BCUT2D eigenvalue weighted by Crippen LogP contribution is -2.07. The molecule has 0 spiro atoms. The average Bonchev–Trinajstić information content (AvgIpc) is 2.01. The number of hydrogen-bond acceptors (Lipinski definition) is 2.